The number of phenolic OH excluding ortho intramolecular Hbond substituents is 1. The molecule has 4 bridgehead atoms. The molecule has 37 heavy (non-hydrogen) atoms. The number of rotatable bonds is 5. The number of carbonyl (C=O) groups is 1. The molecule has 3 fully saturated rings. The molecule has 6 heteroatoms. The summed E-state index contributed by atoms with van der Waals surface area (Å²) in [7, 11) is 0. The van der Waals surface area contributed by atoms with Crippen molar-refractivity contribution in [2.75, 3.05) is 13.1 Å². The Bertz CT molecular complexity index is 1380. The van der Waals surface area contributed by atoms with Gasteiger partial charge in [-0.05, 0) is 79.6 Å². The first-order valence-electron chi connectivity index (χ1n) is 13.3. The lowest BCUT2D eigenvalue weighted by Gasteiger charge is -2.60. The van der Waals surface area contributed by atoms with Crippen molar-refractivity contribution in [2.24, 2.45) is 0 Å². The second-order valence-corrected chi connectivity index (χ2v) is 11.4. The van der Waals surface area contributed by atoms with E-state index in [4.69, 9.17) is 4.74 Å². The molecule has 0 aromatic heterocycles. The number of likely N-dealkylation sites (tertiary alicyclic amines) is 1. The van der Waals surface area contributed by atoms with Crippen LogP contribution in [0.4, 0.5) is 4.39 Å². The zero-order valence-corrected chi connectivity index (χ0v) is 20.8. The summed E-state index contributed by atoms with van der Waals surface area (Å²) in [4.78, 5) is 15.5. The van der Waals surface area contributed by atoms with Crippen LogP contribution in [-0.4, -0.2) is 46.2 Å². The molecule has 1 aliphatic carbocycles. The van der Waals surface area contributed by atoms with Gasteiger partial charge in [0, 0.05) is 24.5 Å². The molecule has 5 nitrogen and oxygen atoms in total. The van der Waals surface area contributed by atoms with Crippen LogP contribution in [0, 0.1) is 5.82 Å². The Labute approximate surface area is 216 Å². The van der Waals surface area contributed by atoms with Gasteiger partial charge < -0.3 is 15.2 Å². The average Bonchev–Trinajstić information content (AvgIpc) is 3.43. The molecule has 0 saturated carbocycles. The number of nitrogens with one attached hydrogen (secondary N) is 1. The maximum absolute atomic E-state index is 14.2. The van der Waals surface area contributed by atoms with Gasteiger partial charge in [-0.15, -0.1) is 0 Å². The minimum absolute atomic E-state index is 0.0585. The van der Waals surface area contributed by atoms with Crippen LogP contribution in [-0.2, 0) is 23.1 Å². The van der Waals surface area contributed by atoms with Crippen molar-refractivity contribution in [2.45, 2.75) is 61.3 Å². The fourth-order valence-corrected chi connectivity index (χ4v) is 8.03. The summed E-state index contributed by atoms with van der Waals surface area (Å²) in [5, 5.41) is 13.5. The lowest BCUT2D eigenvalue weighted by atomic mass is 9.50. The number of phenols is 1. The van der Waals surface area contributed by atoms with Crippen molar-refractivity contribution >= 4 is 5.91 Å². The van der Waals surface area contributed by atoms with Crippen LogP contribution in [0.25, 0.3) is 0 Å². The fraction of sp³-hybridized carbons (Fsp3) is 0.387. The Morgan fingerprint density at radius 1 is 1.05 bits per heavy atom. The molecule has 190 valence electrons. The molecule has 3 aromatic rings. The van der Waals surface area contributed by atoms with E-state index >= 15 is 0 Å². The second-order valence-electron chi connectivity index (χ2n) is 11.4. The predicted molar refractivity (Wildman–Crippen MR) is 138 cm³/mol. The molecule has 3 aliphatic heterocycles. The van der Waals surface area contributed by atoms with Crippen LogP contribution in [0.1, 0.15) is 52.7 Å². The molecule has 3 aromatic carbocycles. The van der Waals surface area contributed by atoms with Crippen molar-refractivity contribution < 1.29 is 19.0 Å². The van der Waals surface area contributed by atoms with E-state index in [0.29, 0.717) is 6.54 Å². The van der Waals surface area contributed by atoms with E-state index in [1.165, 1.54) is 28.8 Å². The lowest BCUT2D eigenvalue weighted by molar-refractivity contribution is -0.140. The summed E-state index contributed by atoms with van der Waals surface area (Å²) in [6.45, 7) is 2.18. The highest BCUT2D eigenvalue weighted by atomic mass is 19.1. The summed E-state index contributed by atoms with van der Waals surface area (Å²) in [5.74, 6) is -0.633. The zero-order valence-electron chi connectivity index (χ0n) is 20.8. The predicted octanol–water partition coefficient (Wildman–Crippen LogP) is 4.72. The highest BCUT2D eigenvalue weighted by Gasteiger charge is 2.75. The van der Waals surface area contributed by atoms with Gasteiger partial charge in [0.15, 0.2) is 0 Å². The Hall–Kier alpha value is -3.22. The minimum atomic E-state index is -0.517. The van der Waals surface area contributed by atoms with E-state index < -0.39 is 17.3 Å². The van der Waals surface area contributed by atoms with Crippen LogP contribution >= 0.6 is 0 Å². The van der Waals surface area contributed by atoms with Gasteiger partial charge in [0.1, 0.15) is 11.6 Å². The number of piperidine rings is 1. The second kappa shape index (κ2) is 8.14. The van der Waals surface area contributed by atoms with E-state index in [0.717, 1.165) is 45.2 Å². The van der Waals surface area contributed by atoms with Gasteiger partial charge in [-0.2, -0.15) is 0 Å². The first-order valence-corrected chi connectivity index (χ1v) is 13.3. The van der Waals surface area contributed by atoms with E-state index in [9.17, 15) is 14.3 Å². The number of benzene rings is 3. The molecular formula is C31H31FN2O3. The third kappa shape index (κ3) is 3.32. The number of hydrogen-bond acceptors (Lipinski definition) is 4. The van der Waals surface area contributed by atoms with Gasteiger partial charge >= 0.3 is 0 Å². The maximum Gasteiger partial charge on any atom is 0.254 e. The molecule has 3 saturated heterocycles. The van der Waals surface area contributed by atoms with Crippen molar-refractivity contribution in [3.63, 3.8) is 0 Å². The monoisotopic (exact) mass is 498 g/mol. The van der Waals surface area contributed by atoms with Crippen LogP contribution in [0.5, 0.6) is 5.75 Å². The highest BCUT2D eigenvalue weighted by Crippen LogP contribution is 2.69. The van der Waals surface area contributed by atoms with E-state index in [1.54, 1.807) is 18.2 Å². The molecular weight excluding hydrogens is 467 g/mol. The van der Waals surface area contributed by atoms with Crippen molar-refractivity contribution in [3.05, 3.63) is 101 Å². The number of ether oxygens (including phenoxy) is 1. The standard InChI is InChI=1S/C31H31FN2O3/c32-26-9-5-4-8-24(26)28(36)33-20-29-12-13-31(37-29)27-16-22-10-11-23(35)17-25(22)30(31,19-29)14-15-34(27)18-21-6-2-1-3-7-21/h1-11,17,27,35H,12-16,18-20H2,(H,33,36)/t27-,29+,30-,31-/m1/s1. The quantitative estimate of drug-likeness (QED) is 0.534. The molecule has 3 heterocycles. The molecule has 0 unspecified atom stereocenters. The van der Waals surface area contributed by atoms with Crippen LogP contribution in [0.15, 0.2) is 72.8 Å². The Kier molecular flexibility index (Phi) is 5.05. The molecule has 7 rings (SSSR count). The zero-order chi connectivity index (χ0) is 25.3. The van der Waals surface area contributed by atoms with E-state index in [2.05, 4.69) is 40.5 Å². The summed E-state index contributed by atoms with van der Waals surface area (Å²) in [6.07, 6.45) is 4.38. The number of hydrogen-bond donors (Lipinski definition) is 2. The van der Waals surface area contributed by atoms with Crippen molar-refractivity contribution in [3.8, 4) is 5.75 Å². The van der Waals surface area contributed by atoms with Crippen molar-refractivity contribution in [1.29, 1.82) is 0 Å². The van der Waals surface area contributed by atoms with Gasteiger partial charge in [-0.1, -0.05) is 48.5 Å². The molecule has 0 radical (unpaired) electrons. The van der Waals surface area contributed by atoms with Crippen LogP contribution < -0.4 is 5.32 Å². The smallest absolute Gasteiger partial charge is 0.254 e. The molecule has 1 amide bonds. The van der Waals surface area contributed by atoms with E-state index in [1.807, 2.05) is 12.1 Å². The van der Waals surface area contributed by atoms with Gasteiger partial charge in [-0.3, -0.25) is 9.69 Å². The summed E-state index contributed by atoms with van der Waals surface area (Å²) in [5.41, 5.74) is 2.76. The summed E-state index contributed by atoms with van der Waals surface area (Å²) in [6, 6.07) is 22.7. The third-order valence-electron chi connectivity index (χ3n) is 9.53. The molecule has 1 spiro atoms. The Morgan fingerprint density at radius 3 is 2.70 bits per heavy atom. The van der Waals surface area contributed by atoms with Gasteiger partial charge in [0.25, 0.3) is 5.91 Å². The van der Waals surface area contributed by atoms with Gasteiger partial charge in [0.2, 0.25) is 0 Å². The van der Waals surface area contributed by atoms with Crippen LogP contribution in [0.2, 0.25) is 0 Å². The Balaban J connectivity index is 1.24. The van der Waals surface area contributed by atoms with Crippen LogP contribution in [0.3, 0.4) is 0 Å². The molecule has 2 N–H and O–H groups in total. The number of amides is 1. The lowest BCUT2D eigenvalue weighted by Crippen LogP contribution is -2.69. The normalized spacial score (nSPS) is 31.5. The summed E-state index contributed by atoms with van der Waals surface area (Å²) >= 11 is 0. The number of carbonyl (C=O) groups excluding carboxylic acids is 1. The van der Waals surface area contributed by atoms with Gasteiger partial charge in [0.05, 0.1) is 16.8 Å². The minimum Gasteiger partial charge on any atom is -0.508 e. The maximum atomic E-state index is 14.2. The SMILES string of the molecule is O=C(NC[C@@]12CC[C@@]3(O1)[C@H]1Cc4ccc(O)cc4[C@@]3(CCN1Cc1ccccc1)C2)c1ccccc1F. The fourth-order valence-electron chi connectivity index (χ4n) is 8.03. The summed E-state index contributed by atoms with van der Waals surface area (Å²) < 4.78 is 21.4. The topological polar surface area (TPSA) is 61.8 Å². The number of nitrogens with zero attached hydrogens (tertiary/aromatic N) is 1. The number of fused-ring (bicyclic) bond motifs is 2. The Morgan fingerprint density at radius 2 is 1.86 bits per heavy atom. The first kappa shape index (κ1) is 22.9. The third-order valence-corrected chi connectivity index (χ3v) is 9.53. The number of halogens is 1. The highest BCUT2D eigenvalue weighted by molar-refractivity contribution is 5.94. The van der Waals surface area contributed by atoms with E-state index in [-0.39, 0.29) is 28.4 Å². The number of aromatic hydroxyl groups is 1. The first-order chi connectivity index (χ1) is 17.9. The molecule has 4 aliphatic rings. The average molecular weight is 499 g/mol. The molecule has 4 atom stereocenters. The van der Waals surface area contributed by atoms with Crippen molar-refractivity contribution in [1.82, 2.24) is 10.2 Å². The largest absolute Gasteiger partial charge is 0.508 e. The van der Waals surface area contributed by atoms with Gasteiger partial charge in [-0.25, -0.2) is 4.39 Å².